The van der Waals surface area contributed by atoms with Crippen LogP contribution >= 0.6 is 0 Å². The summed E-state index contributed by atoms with van der Waals surface area (Å²) < 4.78 is 33.5. The molecule has 3 aromatic rings. The summed E-state index contributed by atoms with van der Waals surface area (Å²) in [7, 11) is -2.27. The monoisotopic (exact) mass is 384 g/mol. The van der Waals surface area contributed by atoms with Crippen LogP contribution in [0.15, 0.2) is 71.6 Å². The second-order valence-electron chi connectivity index (χ2n) is 6.13. The van der Waals surface area contributed by atoms with Crippen molar-refractivity contribution in [3.63, 3.8) is 0 Å². The van der Waals surface area contributed by atoms with E-state index in [9.17, 15) is 13.2 Å². The minimum atomic E-state index is -3.85. The molecule has 0 bridgehead atoms. The molecule has 3 N–H and O–H groups in total. The lowest BCUT2D eigenvalue weighted by atomic mass is 10.1. The van der Waals surface area contributed by atoms with Crippen LogP contribution in [0.2, 0.25) is 0 Å². The van der Waals surface area contributed by atoms with Gasteiger partial charge < -0.3 is 10.5 Å². The summed E-state index contributed by atoms with van der Waals surface area (Å²) in [4.78, 5) is 11.5. The molecular formula is C20H20N2O4S. The topological polar surface area (TPSA) is 98.5 Å². The number of carbonyl (C=O) groups is 1. The number of amides is 1. The Morgan fingerprint density at radius 2 is 1.70 bits per heavy atom. The Morgan fingerprint density at radius 1 is 1.04 bits per heavy atom. The number of hydrogen-bond donors (Lipinski definition) is 2. The molecule has 0 spiro atoms. The predicted molar refractivity (Wildman–Crippen MR) is 104 cm³/mol. The first-order chi connectivity index (χ1) is 12.9. The lowest BCUT2D eigenvalue weighted by Gasteiger charge is -2.18. The van der Waals surface area contributed by atoms with Gasteiger partial charge in [0.1, 0.15) is 5.75 Å². The second kappa shape index (κ2) is 7.77. The van der Waals surface area contributed by atoms with Gasteiger partial charge in [0.15, 0.2) is 0 Å². The molecule has 140 valence electrons. The number of primary amides is 1. The summed E-state index contributed by atoms with van der Waals surface area (Å²) in [6.07, 6.45) is -0.131. The van der Waals surface area contributed by atoms with Gasteiger partial charge in [0.05, 0.1) is 18.0 Å². The Labute approximate surface area is 158 Å². The van der Waals surface area contributed by atoms with Crippen molar-refractivity contribution < 1.29 is 17.9 Å². The highest BCUT2D eigenvalue weighted by molar-refractivity contribution is 7.89. The van der Waals surface area contributed by atoms with Crippen LogP contribution < -0.4 is 15.2 Å². The number of fused-ring (bicyclic) bond motifs is 1. The molecule has 27 heavy (non-hydrogen) atoms. The lowest BCUT2D eigenvalue weighted by Crippen LogP contribution is -2.31. The Morgan fingerprint density at radius 3 is 2.37 bits per heavy atom. The van der Waals surface area contributed by atoms with Crippen LogP contribution in [-0.4, -0.2) is 21.4 Å². The van der Waals surface area contributed by atoms with Gasteiger partial charge in [-0.25, -0.2) is 13.1 Å². The molecule has 0 aliphatic rings. The average Bonchev–Trinajstić information content (AvgIpc) is 2.66. The number of sulfonamides is 1. The van der Waals surface area contributed by atoms with Crippen molar-refractivity contribution in [2.75, 3.05) is 7.11 Å². The van der Waals surface area contributed by atoms with Crippen LogP contribution in [-0.2, 0) is 14.8 Å². The van der Waals surface area contributed by atoms with Gasteiger partial charge >= 0.3 is 0 Å². The summed E-state index contributed by atoms with van der Waals surface area (Å²) in [6, 6.07) is 18.4. The molecule has 0 aromatic heterocycles. The predicted octanol–water partition coefficient (Wildman–Crippen LogP) is 2.74. The van der Waals surface area contributed by atoms with Crippen molar-refractivity contribution >= 4 is 26.7 Å². The van der Waals surface area contributed by atoms with Crippen LogP contribution in [0, 0.1) is 0 Å². The van der Waals surface area contributed by atoms with Crippen molar-refractivity contribution in [3.8, 4) is 5.75 Å². The molecule has 0 aliphatic heterocycles. The molecule has 0 radical (unpaired) electrons. The molecule has 0 heterocycles. The van der Waals surface area contributed by atoms with Crippen molar-refractivity contribution in [2.24, 2.45) is 5.73 Å². The molecule has 0 saturated carbocycles. The van der Waals surface area contributed by atoms with Gasteiger partial charge in [-0.15, -0.1) is 0 Å². The van der Waals surface area contributed by atoms with Gasteiger partial charge in [0.2, 0.25) is 15.9 Å². The number of hydrogen-bond acceptors (Lipinski definition) is 4. The zero-order valence-corrected chi connectivity index (χ0v) is 15.6. The molecule has 1 amide bonds. The summed E-state index contributed by atoms with van der Waals surface area (Å²) in [5.74, 6) is 0.110. The number of benzene rings is 3. The number of nitrogens with one attached hydrogen (secondary N) is 1. The first-order valence-corrected chi connectivity index (χ1v) is 9.81. The molecule has 6 nitrogen and oxygen atoms in total. The van der Waals surface area contributed by atoms with Crippen molar-refractivity contribution in [2.45, 2.75) is 17.4 Å². The Hall–Kier alpha value is -2.90. The molecular weight excluding hydrogens is 364 g/mol. The number of rotatable bonds is 7. The van der Waals surface area contributed by atoms with E-state index >= 15 is 0 Å². The summed E-state index contributed by atoms with van der Waals surface area (Å²) in [5, 5.41) is 1.63. The van der Waals surface area contributed by atoms with E-state index in [1.165, 1.54) is 6.07 Å². The van der Waals surface area contributed by atoms with Crippen LogP contribution in [0.1, 0.15) is 18.0 Å². The van der Waals surface area contributed by atoms with Crippen LogP contribution in [0.4, 0.5) is 0 Å². The number of ether oxygens (including phenoxy) is 1. The molecule has 3 aromatic carbocycles. The van der Waals surface area contributed by atoms with E-state index in [1.54, 1.807) is 55.6 Å². The third-order valence-corrected chi connectivity index (χ3v) is 5.70. The molecule has 1 unspecified atom stereocenters. The minimum absolute atomic E-state index is 0.116. The normalized spacial score (nSPS) is 12.6. The van der Waals surface area contributed by atoms with Gasteiger partial charge in [0.25, 0.3) is 0 Å². The van der Waals surface area contributed by atoms with Gasteiger partial charge in [0, 0.05) is 6.42 Å². The lowest BCUT2D eigenvalue weighted by molar-refractivity contribution is -0.118. The SMILES string of the molecule is COc1ccc2cc(S(=O)(=O)NC(CC(N)=O)c3ccccc3)ccc2c1. The molecule has 7 heteroatoms. The number of methoxy groups -OCH3 is 1. The fourth-order valence-corrected chi connectivity index (χ4v) is 4.12. The molecule has 0 saturated heterocycles. The quantitative estimate of drug-likeness (QED) is 0.654. The maximum absolute atomic E-state index is 12.9. The number of carbonyl (C=O) groups excluding carboxylic acids is 1. The van der Waals surface area contributed by atoms with Crippen molar-refractivity contribution in [1.29, 1.82) is 0 Å². The zero-order valence-electron chi connectivity index (χ0n) is 14.8. The van der Waals surface area contributed by atoms with E-state index in [-0.39, 0.29) is 11.3 Å². The van der Waals surface area contributed by atoms with Gasteiger partial charge in [-0.3, -0.25) is 4.79 Å². The third kappa shape index (κ3) is 4.45. The highest BCUT2D eigenvalue weighted by Crippen LogP contribution is 2.25. The fourth-order valence-electron chi connectivity index (χ4n) is 2.87. The summed E-state index contributed by atoms with van der Waals surface area (Å²) in [6.45, 7) is 0. The molecule has 3 rings (SSSR count). The minimum Gasteiger partial charge on any atom is -0.497 e. The van der Waals surface area contributed by atoms with Crippen LogP contribution in [0.5, 0.6) is 5.75 Å². The highest BCUT2D eigenvalue weighted by Gasteiger charge is 2.23. The Bertz CT molecular complexity index is 1070. The third-order valence-electron chi connectivity index (χ3n) is 4.23. The smallest absolute Gasteiger partial charge is 0.241 e. The van der Waals surface area contributed by atoms with Crippen molar-refractivity contribution in [1.82, 2.24) is 4.72 Å². The zero-order chi connectivity index (χ0) is 19.4. The number of nitrogens with two attached hydrogens (primary N) is 1. The van der Waals surface area contributed by atoms with E-state index < -0.39 is 22.0 Å². The van der Waals surface area contributed by atoms with Gasteiger partial charge in [-0.2, -0.15) is 0 Å². The van der Waals surface area contributed by atoms with E-state index in [0.29, 0.717) is 11.3 Å². The second-order valence-corrected chi connectivity index (χ2v) is 7.84. The first-order valence-electron chi connectivity index (χ1n) is 8.32. The first kappa shape index (κ1) is 18.9. The highest BCUT2D eigenvalue weighted by atomic mass is 32.2. The van der Waals surface area contributed by atoms with Crippen molar-refractivity contribution in [3.05, 3.63) is 72.3 Å². The fraction of sp³-hybridized carbons (Fsp3) is 0.150. The maximum atomic E-state index is 12.9. The summed E-state index contributed by atoms with van der Waals surface area (Å²) >= 11 is 0. The van der Waals surface area contributed by atoms with E-state index in [2.05, 4.69) is 4.72 Å². The summed E-state index contributed by atoms with van der Waals surface area (Å²) in [5.41, 5.74) is 5.98. The average molecular weight is 384 g/mol. The van der Waals surface area contributed by atoms with Crippen LogP contribution in [0.25, 0.3) is 10.8 Å². The molecule has 0 aliphatic carbocycles. The Kier molecular flexibility index (Phi) is 5.43. The molecule has 0 fully saturated rings. The maximum Gasteiger partial charge on any atom is 0.241 e. The Balaban J connectivity index is 1.94. The van der Waals surface area contributed by atoms with E-state index in [1.807, 2.05) is 12.1 Å². The van der Waals surface area contributed by atoms with E-state index in [0.717, 1.165) is 10.8 Å². The largest absolute Gasteiger partial charge is 0.497 e. The van der Waals surface area contributed by atoms with Crippen LogP contribution in [0.3, 0.4) is 0 Å². The van der Waals surface area contributed by atoms with E-state index in [4.69, 9.17) is 10.5 Å². The van der Waals surface area contributed by atoms with Gasteiger partial charge in [-0.05, 0) is 40.6 Å². The standard InChI is InChI=1S/C20H20N2O4S/c1-26-17-9-7-16-12-18(10-8-15(16)11-17)27(24,25)22-19(13-20(21)23)14-5-3-2-4-6-14/h2-12,19,22H,13H2,1H3,(H2,21,23). The molecule has 1 atom stereocenters. The van der Waals surface area contributed by atoms with Gasteiger partial charge in [-0.1, -0.05) is 42.5 Å².